The molecule has 0 bridgehead atoms. The smallest absolute Gasteiger partial charge is 0.173 e. The Morgan fingerprint density at radius 3 is 2.57 bits per heavy atom. The third-order valence-electron chi connectivity index (χ3n) is 6.98. The van der Waals surface area contributed by atoms with E-state index in [1.165, 1.54) is 50.5 Å². The van der Waals surface area contributed by atoms with Crippen LogP contribution in [0.2, 0.25) is 0 Å². The summed E-state index contributed by atoms with van der Waals surface area (Å²) < 4.78 is 7.45. The zero-order valence-electron chi connectivity index (χ0n) is 18.2. The third-order valence-corrected chi connectivity index (χ3v) is 6.98. The van der Waals surface area contributed by atoms with E-state index in [0.717, 1.165) is 37.5 Å². The lowest BCUT2D eigenvalue weighted by Crippen LogP contribution is -2.34. The molecule has 1 heterocycles. The molecule has 0 amide bonds. The Morgan fingerprint density at radius 1 is 1.07 bits per heavy atom. The number of benzene rings is 1. The molecule has 2 aliphatic rings. The molecule has 164 valence electrons. The molecule has 1 aromatic heterocycles. The Hall–Kier alpha value is -1.99. The van der Waals surface area contributed by atoms with E-state index < -0.39 is 0 Å². The lowest BCUT2D eigenvalue weighted by molar-refractivity contribution is 0.257. The summed E-state index contributed by atoms with van der Waals surface area (Å²) in [5.41, 5.74) is 7.13. The number of tetrazole rings is 1. The summed E-state index contributed by atoms with van der Waals surface area (Å²) in [7, 11) is 1.70. The van der Waals surface area contributed by atoms with E-state index in [2.05, 4.69) is 37.7 Å². The van der Waals surface area contributed by atoms with Gasteiger partial charge >= 0.3 is 0 Å². The molecule has 7 nitrogen and oxygen atoms in total. The van der Waals surface area contributed by atoms with Crippen molar-refractivity contribution in [3.63, 3.8) is 0 Å². The van der Waals surface area contributed by atoms with Gasteiger partial charge in [-0.1, -0.05) is 37.8 Å². The highest BCUT2D eigenvalue weighted by Crippen LogP contribution is 2.32. The number of methoxy groups -OCH3 is 1. The van der Waals surface area contributed by atoms with E-state index >= 15 is 0 Å². The molecule has 0 radical (unpaired) electrons. The van der Waals surface area contributed by atoms with Crippen LogP contribution in [0.5, 0.6) is 5.75 Å². The molecule has 0 aliphatic heterocycles. The monoisotopic (exact) mass is 412 g/mol. The van der Waals surface area contributed by atoms with Crippen LogP contribution >= 0.6 is 0 Å². The highest BCUT2D eigenvalue weighted by Gasteiger charge is 2.28. The molecule has 7 heteroatoms. The zero-order valence-corrected chi connectivity index (χ0v) is 18.2. The molecule has 0 saturated heterocycles. The molecule has 3 atom stereocenters. The van der Waals surface area contributed by atoms with E-state index in [9.17, 15) is 0 Å². The lowest BCUT2D eigenvalue weighted by Gasteiger charge is -2.30. The highest BCUT2D eigenvalue weighted by molar-refractivity contribution is 5.31. The average Bonchev–Trinajstić information content (AvgIpc) is 3.30. The van der Waals surface area contributed by atoms with Gasteiger partial charge in [-0.15, -0.1) is 5.10 Å². The summed E-state index contributed by atoms with van der Waals surface area (Å²) in [6.07, 6.45) is 11.2. The van der Waals surface area contributed by atoms with Crippen LogP contribution in [0, 0.1) is 11.8 Å². The number of nitrogens with one attached hydrogen (secondary N) is 1. The predicted octanol–water partition coefficient (Wildman–Crippen LogP) is 3.63. The third kappa shape index (κ3) is 5.01. The second-order valence-electron chi connectivity index (χ2n) is 9.02. The Labute approximate surface area is 179 Å². The summed E-state index contributed by atoms with van der Waals surface area (Å²) in [5, 5.41) is 16.8. The van der Waals surface area contributed by atoms with Crippen molar-refractivity contribution in [1.29, 1.82) is 0 Å². The van der Waals surface area contributed by atoms with Crippen LogP contribution in [0.3, 0.4) is 0 Å². The molecule has 2 aliphatic carbocycles. The van der Waals surface area contributed by atoms with Gasteiger partial charge in [-0.2, -0.15) is 0 Å². The van der Waals surface area contributed by atoms with Crippen LogP contribution < -0.4 is 15.8 Å². The molecule has 1 aromatic carbocycles. The standard InChI is InChI=1S/C23H36N6O/c1-30-21-12-10-19(11-13-21)22(25-16-18-7-5-6-17(14-18)15-24)23-26-27-28-29(23)20-8-3-2-4-9-20/h10-13,17-18,20,22,25H,2-9,14-16,24H2,1H3. The number of nitrogens with two attached hydrogens (primary N) is 1. The van der Waals surface area contributed by atoms with Crippen LogP contribution in [0.15, 0.2) is 24.3 Å². The zero-order chi connectivity index (χ0) is 20.8. The quantitative estimate of drug-likeness (QED) is 0.688. The predicted molar refractivity (Wildman–Crippen MR) is 117 cm³/mol. The molecular formula is C23H36N6O. The summed E-state index contributed by atoms with van der Waals surface area (Å²) in [5.74, 6) is 3.12. The number of aromatic nitrogens is 4. The minimum atomic E-state index is -0.0221. The van der Waals surface area contributed by atoms with E-state index in [0.29, 0.717) is 17.9 Å². The van der Waals surface area contributed by atoms with Gasteiger partial charge in [0.15, 0.2) is 5.82 Å². The van der Waals surface area contributed by atoms with Crippen molar-refractivity contribution in [3.05, 3.63) is 35.7 Å². The van der Waals surface area contributed by atoms with Gasteiger partial charge in [-0.05, 0) is 85.2 Å². The average molecular weight is 413 g/mol. The molecule has 2 saturated carbocycles. The van der Waals surface area contributed by atoms with Crippen molar-refractivity contribution in [2.75, 3.05) is 20.2 Å². The maximum Gasteiger partial charge on any atom is 0.173 e. The SMILES string of the molecule is COc1ccc(C(NCC2CCCC(CN)C2)c2nnnn2C2CCCCC2)cc1. The fraction of sp³-hybridized carbons (Fsp3) is 0.696. The van der Waals surface area contributed by atoms with Gasteiger partial charge in [-0.25, -0.2) is 4.68 Å². The van der Waals surface area contributed by atoms with Crippen LogP contribution in [-0.4, -0.2) is 40.4 Å². The van der Waals surface area contributed by atoms with Gasteiger partial charge in [0.25, 0.3) is 0 Å². The molecule has 30 heavy (non-hydrogen) atoms. The van der Waals surface area contributed by atoms with Crippen LogP contribution in [0.1, 0.15) is 81.3 Å². The van der Waals surface area contributed by atoms with E-state index in [-0.39, 0.29) is 6.04 Å². The Balaban J connectivity index is 1.55. The molecule has 2 fully saturated rings. The molecule has 3 unspecified atom stereocenters. The van der Waals surface area contributed by atoms with Crippen molar-refractivity contribution in [2.45, 2.75) is 69.9 Å². The number of rotatable bonds is 8. The van der Waals surface area contributed by atoms with Gasteiger partial charge in [0.2, 0.25) is 0 Å². The molecule has 4 rings (SSSR count). The second-order valence-corrected chi connectivity index (χ2v) is 9.02. The Bertz CT molecular complexity index is 770. The van der Waals surface area contributed by atoms with Gasteiger partial charge in [-0.3, -0.25) is 0 Å². The largest absolute Gasteiger partial charge is 0.497 e. The van der Waals surface area contributed by atoms with Crippen molar-refractivity contribution < 1.29 is 4.74 Å². The van der Waals surface area contributed by atoms with Crippen LogP contribution in [-0.2, 0) is 0 Å². The number of nitrogens with zero attached hydrogens (tertiary/aromatic N) is 4. The van der Waals surface area contributed by atoms with Gasteiger partial charge in [0.05, 0.1) is 19.2 Å². The van der Waals surface area contributed by atoms with Gasteiger partial charge < -0.3 is 15.8 Å². The Morgan fingerprint density at radius 2 is 1.83 bits per heavy atom. The number of ether oxygens (including phenoxy) is 1. The van der Waals surface area contributed by atoms with Crippen molar-refractivity contribution in [2.24, 2.45) is 17.6 Å². The molecule has 2 aromatic rings. The number of hydrogen-bond acceptors (Lipinski definition) is 6. The molecular weight excluding hydrogens is 376 g/mol. The van der Waals surface area contributed by atoms with Crippen molar-refractivity contribution in [3.8, 4) is 5.75 Å². The van der Waals surface area contributed by atoms with Crippen molar-refractivity contribution in [1.82, 2.24) is 25.5 Å². The molecule has 3 N–H and O–H groups in total. The summed E-state index contributed by atoms with van der Waals surface area (Å²) >= 11 is 0. The first-order valence-corrected chi connectivity index (χ1v) is 11.6. The number of hydrogen-bond donors (Lipinski definition) is 2. The summed E-state index contributed by atoms with van der Waals surface area (Å²) in [6.45, 7) is 1.77. The maximum absolute atomic E-state index is 5.96. The summed E-state index contributed by atoms with van der Waals surface area (Å²) in [6, 6.07) is 8.67. The lowest BCUT2D eigenvalue weighted by atomic mass is 9.81. The fourth-order valence-electron chi connectivity index (χ4n) is 5.22. The minimum Gasteiger partial charge on any atom is -0.497 e. The summed E-state index contributed by atoms with van der Waals surface area (Å²) in [4.78, 5) is 0. The van der Waals surface area contributed by atoms with Crippen LogP contribution in [0.4, 0.5) is 0 Å². The highest BCUT2D eigenvalue weighted by atomic mass is 16.5. The van der Waals surface area contributed by atoms with E-state index in [1.807, 2.05) is 12.1 Å². The van der Waals surface area contributed by atoms with Gasteiger partial charge in [0, 0.05) is 0 Å². The fourth-order valence-corrected chi connectivity index (χ4v) is 5.22. The topological polar surface area (TPSA) is 90.9 Å². The normalized spacial score (nSPS) is 23.9. The van der Waals surface area contributed by atoms with Crippen molar-refractivity contribution >= 4 is 0 Å². The molecule has 0 spiro atoms. The first kappa shape index (κ1) is 21.2. The van der Waals surface area contributed by atoms with Gasteiger partial charge in [0.1, 0.15) is 5.75 Å². The minimum absolute atomic E-state index is 0.0221. The van der Waals surface area contributed by atoms with Crippen LogP contribution in [0.25, 0.3) is 0 Å². The first-order chi connectivity index (χ1) is 14.8. The Kier molecular flexibility index (Phi) is 7.33. The maximum atomic E-state index is 5.96. The van der Waals surface area contributed by atoms with E-state index in [4.69, 9.17) is 10.5 Å². The second kappa shape index (κ2) is 10.4. The first-order valence-electron chi connectivity index (χ1n) is 11.6. The van der Waals surface area contributed by atoms with E-state index in [1.54, 1.807) is 7.11 Å².